The third kappa shape index (κ3) is 3.58. The maximum Gasteiger partial charge on any atom is 0.141 e. The van der Waals surface area contributed by atoms with Crippen LogP contribution >= 0.6 is 15.9 Å². The first-order chi connectivity index (χ1) is 9.10. The van der Waals surface area contributed by atoms with Crippen LogP contribution in [0.3, 0.4) is 0 Å². The number of halogens is 1. The summed E-state index contributed by atoms with van der Waals surface area (Å²) in [6.07, 6.45) is 0. The molecule has 1 N–H and O–H groups in total. The zero-order chi connectivity index (χ0) is 13.8. The van der Waals surface area contributed by atoms with E-state index in [2.05, 4.69) is 47.2 Å². The maximum absolute atomic E-state index is 5.87. The van der Waals surface area contributed by atoms with E-state index in [1.807, 2.05) is 37.4 Å². The van der Waals surface area contributed by atoms with E-state index in [0.29, 0.717) is 6.04 Å². The predicted molar refractivity (Wildman–Crippen MR) is 82.9 cm³/mol. The second kappa shape index (κ2) is 6.22. The van der Waals surface area contributed by atoms with Gasteiger partial charge in [0.2, 0.25) is 0 Å². The Morgan fingerprint density at radius 3 is 2.37 bits per heavy atom. The monoisotopic (exact) mass is 319 g/mol. The van der Waals surface area contributed by atoms with E-state index in [9.17, 15) is 0 Å². The van der Waals surface area contributed by atoms with Crippen molar-refractivity contribution in [3.8, 4) is 11.5 Å². The minimum atomic E-state index is 0.324. The number of benzene rings is 2. The van der Waals surface area contributed by atoms with Gasteiger partial charge in [-0.15, -0.1) is 0 Å². The van der Waals surface area contributed by atoms with Crippen molar-refractivity contribution in [2.45, 2.75) is 19.9 Å². The number of hydrogen-bond acceptors (Lipinski definition) is 2. The maximum atomic E-state index is 5.87. The van der Waals surface area contributed by atoms with Crippen molar-refractivity contribution in [2.75, 3.05) is 7.05 Å². The Kier molecular flexibility index (Phi) is 4.61. The molecule has 1 unspecified atom stereocenters. The van der Waals surface area contributed by atoms with Gasteiger partial charge in [0.1, 0.15) is 11.5 Å². The fourth-order valence-electron chi connectivity index (χ4n) is 1.77. The normalized spacial score (nSPS) is 12.2. The second-order valence-corrected chi connectivity index (χ2v) is 5.47. The van der Waals surface area contributed by atoms with Crippen molar-refractivity contribution in [3.63, 3.8) is 0 Å². The van der Waals surface area contributed by atoms with Crippen LogP contribution in [0, 0.1) is 6.92 Å². The van der Waals surface area contributed by atoms with Crippen molar-refractivity contribution in [1.29, 1.82) is 0 Å². The van der Waals surface area contributed by atoms with Gasteiger partial charge in [0.05, 0.1) is 4.47 Å². The predicted octanol–water partition coefficient (Wildman–Crippen LogP) is 4.83. The minimum Gasteiger partial charge on any atom is -0.456 e. The molecule has 0 aromatic heterocycles. The first-order valence-corrected chi connectivity index (χ1v) is 7.10. The number of aryl methyl sites for hydroxylation is 1. The van der Waals surface area contributed by atoms with Gasteiger partial charge in [-0.25, -0.2) is 0 Å². The molecule has 0 aliphatic heterocycles. The summed E-state index contributed by atoms with van der Waals surface area (Å²) >= 11 is 3.56. The average molecular weight is 320 g/mol. The van der Waals surface area contributed by atoms with Gasteiger partial charge in [-0.3, -0.25) is 0 Å². The van der Waals surface area contributed by atoms with E-state index in [4.69, 9.17) is 4.74 Å². The van der Waals surface area contributed by atoms with E-state index < -0.39 is 0 Å². The Hall–Kier alpha value is -1.32. The first-order valence-electron chi connectivity index (χ1n) is 6.31. The van der Waals surface area contributed by atoms with Crippen LogP contribution in [0.15, 0.2) is 46.9 Å². The van der Waals surface area contributed by atoms with Gasteiger partial charge in [0.15, 0.2) is 0 Å². The van der Waals surface area contributed by atoms with Crippen LogP contribution in [0.25, 0.3) is 0 Å². The van der Waals surface area contributed by atoms with Crippen molar-refractivity contribution in [3.05, 3.63) is 58.1 Å². The molecule has 0 amide bonds. The molecule has 3 heteroatoms. The molecular weight excluding hydrogens is 302 g/mol. The SMILES string of the molecule is CNC(C)c1ccc(Oc2ccc(C)cc2)c(Br)c1. The molecule has 0 radical (unpaired) electrons. The lowest BCUT2D eigenvalue weighted by atomic mass is 10.1. The summed E-state index contributed by atoms with van der Waals surface area (Å²) in [5.41, 5.74) is 2.45. The zero-order valence-corrected chi connectivity index (χ0v) is 13.0. The third-order valence-corrected chi connectivity index (χ3v) is 3.76. The highest BCUT2D eigenvalue weighted by molar-refractivity contribution is 9.10. The molecule has 0 fully saturated rings. The average Bonchev–Trinajstić information content (AvgIpc) is 2.42. The Balaban J connectivity index is 2.19. The van der Waals surface area contributed by atoms with E-state index >= 15 is 0 Å². The molecule has 2 nitrogen and oxygen atoms in total. The molecule has 1 atom stereocenters. The van der Waals surface area contributed by atoms with Crippen molar-refractivity contribution < 1.29 is 4.74 Å². The number of nitrogens with one attached hydrogen (secondary N) is 1. The fourth-order valence-corrected chi connectivity index (χ4v) is 2.25. The van der Waals surface area contributed by atoms with Crippen molar-refractivity contribution in [2.24, 2.45) is 0 Å². The standard InChI is InChI=1S/C16H18BrNO/c1-11-4-7-14(8-5-11)19-16-9-6-13(10-15(16)17)12(2)18-3/h4-10,12,18H,1-3H3. The van der Waals surface area contributed by atoms with Crippen LogP contribution in [-0.2, 0) is 0 Å². The highest BCUT2D eigenvalue weighted by Crippen LogP contribution is 2.32. The molecule has 0 heterocycles. The molecule has 0 aliphatic rings. The van der Waals surface area contributed by atoms with Crippen LogP contribution in [0.5, 0.6) is 11.5 Å². The molecule has 2 aromatic carbocycles. The Morgan fingerprint density at radius 1 is 1.11 bits per heavy atom. The first kappa shape index (κ1) is 14.1. The molecule has 100 valence electrons. The van der Waals surface area contributed by atoms with E-state index in [-0.39, 0.29) is 0 Å². The highest BCUT2D eigenvalue weighted by Gasteiger charge is 2.07. The molecule has 0 spiro atoms. The van der Waals surface area contributed by atoms with Crippen LogP contribution in [-0.4, -0.2) is 7.05 Å². The quantitative estimate of drug-likeness (QED) is 0.871. The van der Waals surface area contributed by atoms with Crippen LogP contribution in [0.2, 0.25) is 0 Å². The second-order valence-electron chi connectivity index (χ2n) is 4.62. The van der Waals surface area contributed by atoms with Gasteiger partial charge < -0.3 is 10.1 Å². The van der Waals surface area contributed by atoms with E-state index in [1.165, 1.54) is 11.1 Å². The summed E-state index contributed by atoms with van der Waals surface area (Å²) < 4.78 is 6.83. The number of ether oxygens (including phenoxy) is 1. The van der Waals surface area contributed by atoms with Crippen LogP contribution < -0.4 is 10.1 Å². The largest absolute Gasteiger partial charge is 0.456 e. The van der Waals surface area contributed by atoms with Crippen LogP contribution in [0.4, 0.5) is 0 Å². The third-order valence-electron chi connectivity index (χ3n) is 3.14. The topological polar surface area (TPSA) is 21.3 Å². The van der Waals surface area contributed by atoms with Gasteiger partial charge in [-0.05, 0) is 66.7 Å². The zero-order valence-electron chi connectivity index (χ0n) is 11.4. The van der Waals surface area contributed by atoms with E-state index in [1.54, 1.807) is 0 Å². The molecule has 19 heavy (non-hydrogen) atoms. The van der Waals surface area contributed by atoms with E-state index in [0.717, 1.165) is 16.0 Å². The highest BCUT2D eigenvalue weighted by atomic mass is 79.9. The summed E-state index contributed by atoms with van der Waals surface area (Å²) in [6, 6.07) is 14.5. The molecule has 0 saturated carbocycles. The number of rotatable bonds is 4. The molecule has 2 aromatic rings. The van der Waals surface area contributed by atoms with Gasteiger partial charge in [-0.1, -0.05) is 23.8 Å². The lowest BCUT2D eigenvalue weighted by molar-refractivity contribution is 0.479. The molecular formula is C16H18BrNO. The number of hydrogen-bond donors (Lipinski definition) is 1. The summed E-state index contributed by atoms with van der Waals surface area (Å²) in [6.45, 7) is 4.19. The molecule has 0 saturated heterocycles. The smallest absolute Gasteiger partial charge is 0.141 e. The molecule has 0 bridgehead atoms. The molecule has 0 aliphatic carbocycles. The van der Waals surface area contributed by atoms with Crippen LogP contribution in [0.1, 0.15) is 24.1 Å². The van der Waals surface area contributed by atoms with Gasteiger partial charge in [0.25, 0.3) is 0 Å². The van der Waals surface area contributed by atoms with Gasteiger partial charge >= 0.3 is 0 Å². The van der Waals surface area contributed by atoms with Crippen molar-refractivity contribution >= 4 is 15.9 Å². The Bertz CT molecular complexity index is 551. The fraction of sp³-hybridized carbons (Fsp3) is 0.250. The summed E-state index contributed by atoms with van der Waals surface area (Å²) in [5, 5.41) is 3.22. The van der Waals surface area contributed by atoms with Crippen molar-refractivity contribution in [1.82, 2.24) is 5.32 Å². The lowest BCUT2D eigenvalue weighted by Crippen LogP contribution is -2.12. The van der Waals surface area contributed by atoms with Gasteiger partial charge in [0, 0.05) is 6.04 Å². The molecule has 2 rings (SSSR count). The lowest BCUT2D eigenvalue weighted by Gasteiger charge is -2.13. The summed E-state index contributed by atoms with van der Waals surface area (Å²) in [5.74, 6) is 1.68. The Labute approximate surface area is 122 Å². The minimum absolute atomic E-state index is 0.324. The summed E-state index contributed by atoms with van der Waals surface area (Å²) in [4.78, 5) is 0. The van der Waals surface area contributed by atoms with Gasteiger partial charge in [-0.2, -0.15) is 0 Å². The Morgan fingerprint density at radius 2 is 1.79 bits per heavy atom. The summed E-state index contributed by atoms with van der Waals surface area (Å²) in [7, 11) is 1.95.